The summed E-state index contributed by atoms with van der Waals surface area (Å²) < 4.78 is 6.87. The molecule has 3 rings (SSSR count). The highest BCUT2D eigenvalue weighted by molar-refractivity contribution is 9.10. The smallest absolute Gasteiger partial charge is 0.213 e. The quantitative estimate of drug-likeness (QED) is 0.911. The molecule has 1 saturated carbocycles. The number of aromatic nitrogens is 1. The lowest BCUT2D eigenvalue weighted by molar-refractivity contribution is -0.0367. The first kappa shape index (κ1) is 11.5. The summed E-state index contributed by atoms with van der Waals surface area (Å²) in [6, 6.07) is 3.90. The number of halogens is 1. The molecule has 2 heterocycles. The van der Waals surface area contributed by atoms with Crippen molar-refractivity contribution >= 4 is 15.9 Å². The highest BCUT2D eigenvalue weighted by atomic mass is 79.9. The summed E-state index contributed by atoms with van der Waals surface area (Å²) in [7, 11) is 0. The average Bonchev–Trinajstić information content (AvgIpc) is 2.31. The molecule has 0 amide bonds. The summed E-state index contributed by atoms with van der Waals surface area (Å²) in [5, 5.41) is 3.42. The van der Waals surface area contributed by atoms with Gasteiger partial charge in [-0.1, -0.05) is 0 Å². The molecule has 1 spiro atoms. The fraction of sp³-hybridized carbons (Fsp3) is 0.615. The van der Waals surface area contributed by atoms with Gasteiger partial charge in [0, 0.05) is 16.7 Å². The molecule has 92 valence electrons. The normalized spacial score (nSPS) is 23.4. The molecule has 2 aliphatic rings. The van der Waals surface area contributed by atoms with Crippen LogP contribution in [0, 0.1) is 5.41 Å². The van der Waals surface area contributed by atoms with Crippen molar-refractivity contribution in [3.05, 3.63) is 22.8 Å². The largest absolute Gasteiger partial charge is 0.474 e. The summed E-state index contributed by atoms with van der Waals surface area (Å²) in [5.74, 6) is 0.752. The van der Waals surface area contributed by atoms with Gasteiger partial charge in [0.15, 0.2) is 0 Å². The second-order valence-corrected chi connectivity index (χ2v) is 6.13. The Morgan fingerprint density at radius 2 is 2.06 bits per heavy atom. The zero-order chi connectivity index (χ0) is 11.7. The predicted octanol–water partition coefficient (Wildman–Crippen LogP) is 2.76. The van der Waals surface area contributed by atoms with Gasteiger partial charge in [0.05, 0.1) is 0 Å². The number of rotatable bonds is 2. The van der Waals surface area contributed by atoms with Gasteiger partial charge in [-0.2, -0.15) is 0 Å². The second kappa shape index (κ2) is 4.58. The first-order chi connectivity index (χ1) is 8.26. The maximum atomic E-state index is 5.88. The fourth-order valence-electron chi connectivity index (χ4n) is 2.96. The Morgan fingerprint density at radius 3 is 2.71 bits per heavy atom. The van der Waals surface area contributed by atoms with Gasteiger partial charge in [0.1, 0.15) is 6.10 Å². The molecule has 17 heavy (non-hydrogen) atoms. The van der Waals surface area contributed by atoms with Crippen molar-refractivity contribution in [2.45, 2.75) is 31.8 Å². The van der Waals surface area contributed by atoms with Crippen molar-refractivity contribution < 1.29 is 4.74 Å². The molecular weight excluding hydrogens is 280 g/mol. The number of hydrogen-bond acceptors (Lipinski definition) is 3. The van der Waals surface area contributed by atoms with E-state index in [1.54, 1.807) is 6.20 Å². The third-order valence-electron chi connectivity index (χ3n) is 3.97. The Balaban J connectivity index is 1.54. The van der Waals surface area contributed by atoms with E-state index in [2.05, 4.69) is 26.2 Å². The lowest BCUT2D eigenvalue weighted by Gasteiger charge is -2.49. The van der Waals surface area contributed by atoms with Crippen LogP contribution >= 0.6 is 15.9 Å². The lowest BCUT2D eigenvalue weighted by atomic mass is 9.62. The lowest BCUT2D eigenvalue weighted by Crippen LogP contribution is -2.49. The molecule has 0 radical (unpaired) electrons. The summed E-state index contributed by atoms with van der Waals surface area (Å²) >= 11 is 3.38. The molecule has 4 heteroatoms. The number of nitrogens with zero attached hydrogens (tertiary/aromatic N) is 1. The topological polar surface area (TPSA) is 34.1 Å². The van der Waals surface area contributed by atoms with E-state index in [0.29, 0.717) is 11.5 Å². The third kappa shape index (κ3) is 2.47. The van der Waals surface area contributed by atoms with Crippen LogP contribution in [0.15, 0.2) is 22.8 Å². The van der Waals surface area contributed by atoms with Crippen molar-refractivity contribution in [1.82, 2.24) is 10.3 Å². The van der Waals surface area contributed by atoms with Crippen LogP contribution in [0.3, 0.4) is 0 Å². The van der Waals surface area contributed by atoms with Crippen molar-refractivity contribution in [2.24, 2.45) is 5.41 Å². The van der Waals surface area contributed by atoms with Crippen LogP contribution in [0.25, 0.3) is 0 Å². The van der Waals surface area contributed by atoms with Gasteiger partial charge >= 0.3 is 0 Å². The van der Waals surface area contributed by atoms with Crippen LogP contribution in [0.5, 0.6) is 5.88 Å². The minimum absolute atomic E-state index is 0.377. The van der Waals surface area contributed by atoms with Crippen molar-refractivity contribution in [1.29, 1.82) is 0 Å². The highest BCUT2D eigenvalue weighted by Crippen LogP contribution is 2.49. The molecule has 0 aromatic carbocycles. The molecule has 1 aromatic rings. The Hall–Kier alpha value is -0.610. The standard InChI is InChI=1S/C13H17BrN2O/c14-10-1-2-12(16-9-10)17-11-7-13(8-11)3-5-15-6-4-13/h1-2,9,11,15H,3-8H2. The van der Waals surface area contributed by atoms with E-state index in [4.69, 9.17) is 4.74 Å². The minimum Gasteiger partial charge on any atom is -0.474 e. The predicted molar refractivity (Wildman–Crippen MR) is 70.1 cm³/mol. The van der Waals surface area contributed by atoms with Gasteiger partial charge in [0.2, 0.25) is 5.88 Å². The van der Waals surface area contributed by atoms with Crippen LogP contribution in [0.4, 0.5) is 0 Å². The van der Waals surface area contributed by atoms with E-state index in [9.17, 15) is 0 Å². The zero-order valence-electron chi connectivity index (χ0n) is 9.79. The molecule has 1 N–H and O–H groups in total. The van der Waals surface area contributed by atoms with E-state index in [-0.39, 0.29) is 0 Å². The molecule has 0 bridgehead atoms. The zero-order valence-corrected chi connectivity index (χ0v) is 11.4. The van der Waals surface area contributed by atoms with Crippen LogP contribution < -0.4 is 10.1 Å². The number of piperidine rings is 1. The van der Waals surface area contributed by atoms with Crippen molar-refractivity contribution in [3.63, 3.8) is 0 Å². The average molecular weight is 297 g/mol. The maximum Gasteiger partial charge on any atom is 0.213 e. The second-order valence-electron chi connectivity index (χ2n) is 5.21. The third-order valence-corrected chi connectivity index (χ3v) is 4.44. The SMILES string of the molecule is Brc1ccc(OC2CC3(CCNCC3)C2)nc1. The molecule has 3 nitrogen and oxygen atoms in total. The van der Waals surface area contributed by atoms with Crippen molar-refractivity contribution in [2.75, 3.05) is 13.1 Å². The first-order valence-corrected chi connectivity index (χ1v) is 7.04. The fourth-order valence-corrected chi connectivity index (χ4v) is 3.19. The van der Waals surface area contributed by atoms with Gasteiger partial charge in [-0.3, -0.25) is 0 Å². The molecule has 2 fully saturated rings. The van der Waals surface area contributed by atoms with Crippen LogP contribution in [-0.4, -0.2) is 24.2 Å². The Labute approximate surface area is 110 Å². The molecule has 1 saturated heterocycles. The molecule has 1 aromatic heterocycles. The van der Waals surface area contributed by atoms with Crippen LogP contribution in [-0.2, 0) is 0 Å². The molecule has 0 atom stereocenters. The molecule has 0 unspecified atom stereocenters. The Kier molecular flexibility index (Phi) is 3.09. The van der Waals surface area contributed by atoms with Gasteiger partial charge in [-0.05, 0) is 66.2 Å². The number of ether oxygens (including phenoxy) is 1. The Bertz CT molecular complexity index is 379. The van der Waals surface area contributed by atoms with Crippen LogP contribution in [0.2, 0.25) is 0 Å². The summed E-state index contributed by atoms with van der Waals surface area (Å²) in [5.41, 5.74) is 0.575. The summed E-state index contributed by atoms with van der Waals surface area (Å²) in [4.78, 5) is 4.25. The van der Waals surface area contributed by atoms with E-state index < -0.39 is 0 Å². The molecule has 1 aliphatic carbocycles. The number of hydrogen-bond donors (Lipinski definition) is 1. The highest BCUT2D eigenvalue weighted by Gasteiger charge is 2.45. The van der Waals surface area contributed by atoms with E-state index in [0.717, 1.165) is 10.4 Å². The number of pyridine rings is 1. The van der Waals surface area contributed by atoms with Gasteiger partial charge in [-0.25, -0.2) is 4.98 Å². The monoisotopic (exact) mass is 296 g/mol. The van der Waals surface area contributed by atoms with Gasteiger partial charge in [0.25, 0.3) is 0 Å². The van der Waals surface area contributed by atoms with E-state index in [1.807, 2.05) is 12.1 Å². The van der Waals surface area contributed by atoms with Gasteiger partial charge < -0.3 is 10.1 Å². The number of nitrogens with one attached hydrogen (secondary N) is 1. The van der Waals surface area contributed by atoms with E-state index >= 15 is 0 Å². The Morgan fingerprint density at radius 1 is 1.29 bits per heavy atom. The van der Waals surface area contributed by atoms with E-state index in [1.165, 1.54) is 38.8 Å². The maximum absolute atomic E-state index is 5.88. The summed E-state index contributed by atoms with van der Waals surface area (Å²) in [6.07, 6.45) is 7.18. The minimum atomic E-state index is 0.377. The van der Waals surface area contributed by atoms with Crippen molar-refractivity contribution in [3.8, 4) is 5.88 Å². The van der Waals surface area contributed by atoms with Gasteiger partial charge in [-0.15, -0.1) is 0 Å². The van der Waals surface area contributed by atoms with Crippen LogP contribution in [0.1, 0.15) is 25.7 Å². The molecular formula is C13H17BrN2O. The molecule has 1 aliphatic heterocycles. The summed E-state index contributed by atoms with van der Waals surface area (Å²) in [6.45, 7) is 2.34. The first-order valence-electron chi connectivity index (χ1n) is 6.25.